The van der Waals surface area contributed by atoms with Crippen LogP contribution in [-0.4, -0.2) is 6.21 Å². The Kier molecular flexibility index (Phi) is 1.29. The van der Waals surface area contributed by atoms with E-state index in [1.165, 1.54) is 0 Å². The lowest BCUT2D eigenvalue weighted by Gasteiger charge is -1.83. The van der Waals surface area contributed by atoms with Gasteiger partial charge in [0.1, 0.15) is 0 Å². The summed E-state index contributed by atoms with van der Waals surface area (Å²) in [6, 6.07) is 0. The molecule has 1 nitrogen and oxygen atoms in total. The van der Waals surface area contributed by atoms with E-state index < -0.39 is 0 Å². The monoisotopic (exact) mass is 107 g/mol. The van der Waals surface area contributed by atoms with Gasteiger partial charge in [-0.05, 0) is 18.1 Å². The highest BCUT2D eigenvalue weighted by Gasteiger charge is 1.96. The molecule has 0 aliphatic carbocycles. The lowest BCUT2D eigenvalue weighted by Crippen LogP contribution is -1.65. The van der Waals surface area contributed by atoms with Crippen molar-refractivity contribution in [2.24, 2.45) is 4.99 Å². The summed E-state index contributed by atoms with van der Waals surface area (Å²) in [5.41, 5.74) is 2.15. The van der Waals surface area contributed by atoms with Crippen molar-refractivity contribution in [1.82, 2.24) is 0 Å². The molecule has 8 heavy (non-hydrogen) atoms. The van der Waals surface area contributed by atoms with Crippen LogP contribution in [0.5, 0.6) is 0 Å². The van der Waals surface area contributed by atoms with Crippen molar-refractivity contribution >= 4 is 6.21 Å². The molecule has 0 radical (unpaired) electrons. The van der Waals surface area contributed by atoms with Crippen molar-refractivity contribution in [2.75, 3.05) is 0 Å². The van der Waals surface area contributed by atoms with Crippen LogP contribution in [0.15, 0.2) is 28.9 Å². The first-order valence-electron chi connectivity index (χ1n) is 2.76. The van der Waals surface area contributed by atoms with Crippen LogP contribution in [0.4, 0.5) is 0 Å². The number of hydrogen-bond donors (Lipinski definition) is 0. The topological polar surface area (TPSA) is 12.4 Å². The first-order valence-corrected chi connectivity index (χ1v) is 2.76. The molecule has 0 N–H and O–H groups in total. The highest BCUT2D eigenvalue weighted by atomic mass is 14.7. The minimum absolute atomic E-state index is 1.01. The smallest absolute Gasteiger partial charge is 0.0407 e. The summed E-state index contributed by atoms with van der Waals surface area (Å²) in [7, 11) is 0. The molecule has 0 unspecified atom stereocenters. The Labute approximate surface area is 49.4 Å². The van der Waals surface area contributed by atoms with Crippen LogP contribution >= 0.6 is 0 Å². The summed E-state index contributed by atoms with van der Waals surface area (Å²) < 4.78 is 0. The zero-order valence-electron chi connectivity index (χ0n) is 5.02. The Balaban J connectivity index is 2.72. The molecule has 0 fully saturated rings. The molecule has 1 rings (SSSR count). The minimum atomic E-state index is 1.01. The van der Waals surface area contributed by atoms with E-state index in [1.54, 1.807) is 6.21 Å². The molecule has 1 heteroatoms. The normalized spacial score (nSPS) is 17.1. The van der Waals surface area contributed by atoms with Gasteiger partial charge in [-0.25, -0.2) is 0 Å². The largest absolute Gasteiger partial charge is 0.261 e. The summed E-state index contributed by atoms with van der Waals surface area (Å²) >= 11 is 0. The van der Waals surface area contributed by atoms with Gasteiger partial charge < -0.3 is 0 Å². The number of nitrogens with zero attached hydrogens (tertiary/aromatic N) is 1. The second-order valence-corrected chi connectivity index (χ2v) is 1.82. The third-order valence-corrected chi connectivity index (χ3v) is 1.11. The molecule has 0 aromatic carbocycles. The Bertz CT molecular complexity index is 163. The summed E-state index contributed by atoms with van der Waals surface area (Å²) in [5.74, 6) is 0. The maximum absolute atomic E-state index is 4.07. The van der Waals surface area contributed by atoms with E-state index in [-0.39, 0.29) is 0 Å². The van der Waals surface area contributed by atoms with Gasteiger partial charge in [0.05, 0.1) is 0 Å². The molecule has 0 atom stereocenters. The van der Waals surface area contributed by atoms with Crippen LogP contribution in [-0.2, 0) is 0 Å². The van der Waals surface area contributed by atoms with Crippen molar-refractivity contribution in [1.29, 1.82) is 0 Å². The first kappa shape index (κ1) is 5.29. The predicted octanol–water partition coefficient (Wildman–Crippen LogP) is 1.92. The van der Waals surface area contributed by atoms with Crippen molar-refractivity contribution in [2.45, 2.75) is 13.3 Å². The fourth-order valence-electron chi connectivity index (χ4n) is 0.648. The van der Waals surface area contributed by atoms with Crippen molar-refractivity contribution in [3.05, 3.63) is 23.9 Å². The van der Waals surface area contributed by atoms with E-state index in [0.29, 0.717) is 0 Å². The number of rotatable bonds is 1. The molecule has 0 saturated carbocycles. The maximum Gasteiger partial charge on any atom is 0.0407 e. The van der Waals surface area contributed by atoms with Crippen LogP contribution in [0.2, 0.25) is 0 Å². The number of allylic oxidation sites excluding steroid dienone is 3. The molecular weight excluding hydrogens is 98.1 g/mol. The van der Waals surface area contributed by atoms with E-state index in [4.69, 9.17) is 0 Å². The fourth-order valence-corrected chi connectivity index (χ4v) is 0.648. The molecule has 1 aliphatic heterocycles. The first-order chi connectivity index (χ1) is 3.83. The summed E-state index contributed by atoms with van der Waals surface area (Å²) in [6.07, 6.45) is 4.80. The Morgan fingerprint density at radius 1 is 1.75 bits per heavy atom. The SMILES string of the molecule is C=C1C=NC(CC)=C1. The predicted molar refractivity (Wildman–Crippen MR) is 36.0 cm³/mol. The van der Waals surface area contributed by atoms with Crippen LogP contribution in [0, 0.1) is 0 Å². The van der Waals surface area contributed by atoms with Crippen LogP contribution in [0.25, 0.3) is 0 Å². The molecule has 0 aromatic rings. The average molecular weight is 107 g/mol. The molecule has 1 heterocycles. The van der Waals surface area contributed by atoms with Gasteiger partial charge >= 0.3 is 0 Å². The molecular formula is C7H9N. The van der Waals surface area contributed by atoms with Gasteiger partial charge in [0.15, 0.2) is 0 Å². The molecule has 42 valence electrons. The average Bonchev–Trinajstić information content (AvgIpc) is 2.14. The van der Waals surface area contributed by atoms with Gasteiger partial charge in [-0.3, -0.25) is 4.99 Å². The van der Waals surface area contributed by atoms with Crippen LogP contribution < -0.4 is 0 Å². The second kappa shape index (κ2) is 1.95. The Morgan fingerprint density at radius 3 is 2.75 bits per heavy atom. The van der Waals surface area contributed by atoms with Crippen LogP contribution in [0.3, 0.4) is 0 Å². The fraction of sp³-hybridized carbons (Fsp3) is 0.286. The van der Waals surface area contributed by atoms with Gasteiger partial charge in [-0.15, -0.1) is 0 Å². The lowest BCUT2D eigenvalue weighted by molar-refractivity contribution is 1.08. The molecule has 1 aliphatic rings. The maximum atomic E-state index is 4.07. The van der Waals surface area contributed by atoms with E-state index in [9.17, 15) is 0 Å². The molecule has 0 amide bonds. The van der Waals surface area contributed by atoms with Crippen LogP contribution in [0.1, 0.15) is 13.3 Å². The molecule has 0 spiro atoms. The summed E-state index contributed by atoms with van der Waals surface area (Å²) in [5, 5.41) is 0. The standard InChI is InChI=1S/C7H9N/c1-3-7-4-6(2)5-8-7/h4-5H,2-3H2,1H3. The van der Waals surface area contributed by atoms with Gasteiger partial charge in [0, 0.05) is 11.9 Å². The van der Waals surface area contributed by atoms with E-state index in [0.717, 1.165) is 17.7 Å². The van der Waals surface area contributed by atoms with Crippen molar-refractivity contribution in [3.63, 3.8) is 0 Å². The molecule has 0 aromatic heterocycles. The quantitative estimate of drug-likeness (QED) is 0.485. The summed E-state index contributed by atoms with van der Waals surface area (Å²) in [6.45, 7) is 5.81. The Hall–Kier alpha value is -0.850. The molecule has 0 saturated heterocycles. The van der Waals surface area contributed by atoms with E-state index >= 15 is 0 Å². The number of hydrogen-bond acceptors (Lipinski definition) is 1. The highest BCUT2D eigenvalue weighted by molar-refractivity contribution is 5.85. The zero-order valence-corrected chi connectivity index (χ0v) is 5.02. The number of aliphatic imine (C=N–C) groups is 1. The molecule has 0 bridgehead atoms. The minimum Gasteiger partial charge on any atom is -0.261 e. The van der Waals surface area contributed by atoms with Crippen molar-refractivity contribution < 1.29 is 0 Å². The third kappa shape index (κ3) is 0.861. The Morgan fingerprint density at radius 2 is 2.50 bits per heavy atom. The van der Waals surface area contributed by atoms with Gasteiger partial charge in [-0.2, -0.15) is 0 Å². The van der Waals surface area contributed by atoms with Gasteiger partial charge in [0.2, 0.25) is 0 Å². The third-order valence-electron chi connectivity index (χ3n) is 1.11. The van der Waals surface area contributed by atoms with Crippen molar-refractivity contribution in [3.8, 4) is 0 Å². The highest BCUT2D eigenvalue weighted by Crippen LogP contribution is 2.10. The second-order valence-electron chi connectivity index (χ2n) is 1.82. The lowest BCUT2D eigenvalue weighted by atomic mass is 10.3. The zero-order chi connectivity index (χ0) is 5.98. The van der Waals surface area contributed by atoms with E-state index in [2.05, 4.69) is 18.5 Å². The summed E-state index contributed by atoms with van der Waals surface area (Å²) in [4.78, 5) is 4.07. The van der Waals surface area contributed by atoms with E-state index in [1.807, 2.05) is 6.08 Å². The van der Waals surface area contributed by atoms with Gasteiger partial charge in [0.25, 0.3) is 0 Å². The van der Waals surface area contributed by atoms with Gasteiger partial charge in [-0.1, -0.05) is 13.5 Å².